The van der Waals surface area contributed by atoms with Crippen molar-refractivity contribution in [1.82, 2.24) is 4.98 Å². The fourth-order valence-corrected chi connectivity index (χ4v) is 2.37. The zero-order chi connectivity index (χ0) is 15.9. The number of carbonyl (C=O) groups is 1. The van der Waals surface area contributed by atoms with Crippen LogP contribution in [0, 0.1) is 0 Å². The summed E-state index contributed by atoms with van der Waals surface area (Å²) >= 11 is 0. The van der Waals surface area contributed by atoms with Crippen molar-refractivity contribution in [3.63, 3.8) is 0 Å². The van der Waals surface area contributed by atoms with Crippen LogP contribution in [0.5, 0.6) is 0 Å². The molecule has 1 N–H and O–H groups in total. The maximum atomic E-state index is 11.9. The third kappa shape index (κ3) is 4.40. The van der Waals surface area contributed by atoms with Gasteiger partial charge in [-0.2, -0.15) is 0 Å². The molecule has 2 aromatic rings. The number of aromatic nitrogens is 1. The maximum Gasteiger partial charge on any atom is 0.249 e. The van der Waals surface area contributed by atoms with Crippen molar-refractivity contribution in [2.24, 2.45) is 0 Å². The third-order valence-electron chi connectivity index (χ3n) is 3.60. The van der Waals surface area contributed by atoms with E-state index < -0.39 is 0 Å². The van der Waals surface area contributed by atoms with Crippen molar-refractivity contribution in [2.75, 3.05) is 36.5 Å². The molecule has 0 spiro atoms. The van der Waals surface area contributed by atoms with Crippen LogP contribution in [0.1, 0.15) is 5.56 Å². The second kappa shape index (κ2) is 7.56. The predicted molar refractivity (Wildman–Crippen MR) is 91.4 cm³/mol. The number of amides is 1. The van der Waals surface area contributed by atoms with E-state index in [4.69, 9.17) is 4.74 Å². The lowest BCUT2D eigenvalue weighted by molar-refractivity contribution is -0.111. The lowest BCUT2D eigenvalue weighted by atomic mass is 10.2. The minimum atomic E-state index is -0.194. The van der Waals surface area contributed by atoms with Crippen molar-refractivity contribution in [1.29, 1.82) is 0 Å². The molecule has 1 aromatic carbocycles. The molecular weight excluding hydrogens is 290 g/mol. The number of morpholine rings is 1. The van der Waals surface area contributed by atoms with E-state index in [1.54, 1.807) is 12.3 Å². The van der Waals surface area contributed by atoms with E-state index in [-0.39, 0.29) is 5.91 Å². The summed E-state index contributed by atoms with van der Waals surface area (Å²) in [5, 5.41) is 2.76. The molecule has 5 heteroatoms. The normalized spacial score (nSPS) is 14.9. The summed E-state index contributed by atoms with van der Waals surface area (Å²) in [5.41, 5.74) is 2.03. The van der Waals surface area contributed by atoms with Crippen LogP contribution in [0.4, 0.5) is 11.5 Å². The minimum absolute atomic E-state index is 0.194. The fraction of sp³-hybridized carbons (Fsp3) is 0.222. The van der Waals surface area contributed by atoms with Gasteiger partial charge in [-0.25, -0.2) is 4.98 Å². The number of hydrogen-bond donors (Lipinski definition) is 1. The highest BCUT2D eigenvalue weighted by Crippen LogP contribution is 2.16. The van der Waals surface area contributed by atoms with Crippen LogP contribution in [0.3, 0.4) is 0 Å². The largest absolute Gasteiger partial charge is 0.378 e. The first-order valence-electron chi connectivity index (χ1n) is 7.64. The molecule has 1 saturated heterocycles. The minimum Gasteiger partial charge on any atom is -0.378 e. The molecule has 1 fully saturated rings. The monoisotopic (exact) mass is 309 g/mol. The Kier molecular flexibility index (Phi) is 5.01. The summed E-state index contributed by atoms with van der Waals surface area (Å²) < 4.78 is 5.33. The van der Waals surface area contributed by atoms with Crippen LogP contribution in [-0.4, -0.2) is 37.2 Å². The van der Waals surface area contributed by atoms with Crippen LogP contribution in [0.2, 0.25) is 0 Å². The van der Waals surface area contributed by atoms with Crippen LogP contribution < -0.4 is 10.2 Å². The first-order valence-corrected chi connectivity index (χ1v) is 7.64. The van der Waals surface area contributed by atoms with Gasteiger partial charge in [0.25, 0.3) is 0 Å². The summed E-state index contributed by atoms with van der Waals surface area (Å²) in [6.07, 6.45) is 5.06. The number of pyridine rings is 1. The fourth-order valence-electron chi connectivity index (χ4n) is 2.37. The number of rotatable bonds is 4. The van der Waals surface area contributed by atoms with Crippen molar-refractivity contribution in [3.05, 3.63) is 60.3 Å². The van der Waals surface area contributed by atoms with Crippen molar-refractivity contribution >= 4 is 23.5 Å². The number of nitrogens with zero attached hydrogens (tertiary/aromatic N) is 2. The maximum absolute atomic E-state index is 11.9. The predicted octanol–water partition coefficient (Wildman–Crippen LogP) is 2.57. The third-order valence-corrected chi connectivity index (χ3v) is 3.60. The molecule has 5 nitrogen and oxygen atoms in total. The van der Waals surface area contributed by atoms with Crippen LogP contribution in [0.25, 0.3) is 6.08 Å². The van der Waals surface area contributed by atoms with Crippen molar-refractivity contribution in [3.8, 4) is 0 Å². The standard InChI is InChI=1S/C18H19N3O2/c22-18(9-6-15-4-2-1-3-5-15)20-17-8-7-16(14-19-17)21-10-12-23-13-11-21/h1-9,14H,10-13H2,(H,19,20,22)/b9-6+. The van der Waals surface area contributed by atoms with Gasteiger partial charge in [0, 0.05) is 19.2 Å². The molecule has 0 aliphatic carbocycles. The van der Waals surface area contributed by atoms with Gasteiger partial charge in [-0.15, -0.1) is 0 Å². The van der Waals surface area contributed by atoms with E-state index in [9.17, 15) is 4.79 Å². The highest BCUT2D eigenvalue weighted by Gasteiger charge is 2.11. The molecule has 0 unspecified atom stereocenters. The van der Waals surface area contributed by atoms with Crippen LogP contribution >= 0.6 is 0 Å². The topological polar surface area (TPSA) is 54.5 Å². The summed E-state index contributed by atoms with van der Waals surface area (Å²) in [4.78, 5) is 18.4. The van der Waals surface area contributed by atoms with E-state index in [1.807, 2.05) is 42.5 Å². The zero-order valence-electron chi connectivity index (χ0n) is 12.8. The van der Waals surface area contributed by atoms with Gasteiger partial charge in [0.2, 0.25) is 5.91 Å². The van der Waals surface area contributed by atoms with E-state index in [0.717, 1.165) is 37.6 Å². The van der Waals surface area contributed by atoms with Gasteiger partial charge >= 0.3 is 0 Å². The van der Waals surface area contributed by atoms with E-state index >= 15 is 0 Å². The average Bonchev–Trinajstić information content (AvgIpc) is 2.62. The Hall–Kier alpha value is -2.66. The Morgan fingerprint density at radius 1 is 1.13 bits per heavy atom. The Morgan fingerprint density at radius 2 is 1.91 bits per heavy atom. The lowest BCUT2D eigenvalue weighted by Crippen LogP contribution is -2.36. The SMILES string of the molecule is O=C(/C=C/c1ccccc1)Nc1ccc(N2CCOCC2)cn1. The van der Waals surface area contributed by atoms with Crippen LogP contribution in [-0.2, 0) is 9.53 Å². The molecule has 1 aliphatic rings. The second-order valence-electron chi connectivity index (χ2n) is 5.23. The highest BCUT2D eigenvalue weighted by molar-refractivity contribution is 6.01. The Morgan fingerprint density at radius 3 is 2.61 bits per heavy atom. The molecule has 2 heterocycles. The Bertz CT molecular complexity index is 662. The van der Waals surface area contributed by atoms with Gasteiger partial charge in [0.1, 0.15) is 5.82 Å². The molecule has 23 heavy (non-hydrogen) atoms. The molecular formula is C18H19N3O2. The molecule has 118 valence electrons. The summed E-state index contributed by atoms with van der Waals surface area (Å²) in [6, 6.07) is 13.5. The summed E-state index contributed by atoms with van der Waals surface area (Å²) in [5.74, 6) is 0.352. The lowest BCUT2D eigenvalue weighted by Gasteiger charge is -2.28. The van der Waals surface area contributed by atoms with Gasteiger partial charge in [0.05, 0.1) is 25.1 Å². The molecule has 0 atom stereocenters. The first kappa shape index (κ1) is 15.2. The number of nitrogens with one attached hydrogen (secondary N) is 1. The van der Waals surface area contributed by atoms with Crippen LogP contribution in [0.15, 0.2) is 54.7 Å². The van der Waals surface area contributed by atoms with Gasteiger partial charge in [0.15, 0.2) is 0 Å². The van der Waals surface area contributed by atoms with Crippen molar-refractivity contribution in [2.45, 2.75) is 0 Å². The van der Waals surface area contributed by atoms with Crippen molar-refractivity contribution < 1.29 is 9.53 Å². The molecule has 1 aliphatic heterocycles. The molecule has 0 radical (unpaired) electrons. The highest BCUT2D eigenvalue weighted by atomic mass is 16.5. The van der Waals surface area contributed by atoms with Gasteiger partial charge in [-0.3, -0.25) is 4.79 Å². The van der Waals surface area contributed by atoms with E-state index in [1.165, 1.54) is 6.08 Å². The van der Waals surface area contributed by atoms with Gasteiger partial charge < -0.3 is 15.0 Å². The van der Waals surface area contributed by atoms with E-state index in [2.05, 4.69) is 15.2 Å². The average molecular weight is 309 g/mol. The quantitative estimate of drug-likeness (QED) is 0.882. The second-order valence-corrected chi connectivity index (χ2v) is 5.23. The number of ether oxygens (including phenoxy) is 1. The number of benzene rings is 1. The summed E-state index contributed by atoms with van der Waals surface area (Å²) in [6.45, 7) is 3.21. The number of hydrogen-bond acceptors (Lipinski definition) is 4. The molecule has 0 bridgehead atoms. The zero-order valence-corrected chi connectivity index (χ0v) is 12.8. The number of carbonyl (C=O) groups excluding carboxylic acids is 1. The molecule has 0 saturated carbocycles. The first-order chi connectivity index (χ1) is 11.3. The van der Waals surface area contributed by atoms with Gasteiger partial charge in [-0.05, 0) is 23.8 Å². The summed E-state index contributed by atoms with van der Waals surface area (Å²) in [7, 11) is 0. The Labute approximate surface area is 135 Å². The Balaban J connectivity index is 1.57. The molecule has 1 amide bonds. The smallest absolute Gasteiger partial charge is 0.249 e. The number of anilines is 2. The van der Waals surface area contributed by atoms with E-state index in [0.29, 0.717) is 5.82 Å². The van der Waals surface area contributed by atoms with Gasteiger partial charge in [-0.1, -0.05) is 30.3 Å². The molecule has 1 aromatic heterocycles. The molecule has 3 rings (SSSR count).